The van der Waals surface area contributed by atoms with Crippen molar-refractivity contribution in [2.75, 3.05) is 18.0 Å². The Balaban J connectivity index is 1.80. The quantitative estimate of drug-likeness (QED) is 0.841. The zero-order valence-corrected chi connectivity index (χ0v) is 11.9. The molecule has 1 aliphatic carbocycles. The lowest BCUT2D eigenvalue weighted by Crippen LogP contribution is -2.31. The molecule has 3 nitrogen and oxygen atoms in total. The second-order valence-corrected chi connectivity index (χ2v) is 5.87. The van der Waals surface area contributed by atoms with Crippen LogP contribution in [0.4, 0.5) is 5.69 Å². The summed E-state index contributed by atoms with van der Waals surface area (Å²) in [4.78, 5) is 6.96. The van der Waals surface area contributed by atoms with Gasteiger partial charge in [0.25, 0.3) is 0 Å². The Labute approximate surface area is 115 Å². The highest BCUT2D eigenvalue weighted by Crippen LogP contribution is 2.26. The van der Waals surface area contributed by atoms with Gasteiger partial charge in [-0.25, -0.2) is 0 Å². The Kier molecular flexibility index (Phi) is 3.56. The molecule has 1 N–H and O–H groups in total. The first kappa shape index (κ1) is 12.7. The molecule has 0 amide bonds. The standard InChI is InChI=1S/C16H23N3/c1-12-4-3-7-19(11-12)16-8-13(2)17-9-14(16)10-18-15-5-6-15/h4,8-9,15,18H,3,5-7,10-11H2,1-2H3. The molecule has 0 saturated heterocycles. The number of anilines is 1. The molecule has 1 aromatic heterocycles. The molecule has 0 unspecified atom stereocenters. The summed E-state index contributed by atoms with van der Waals surface area (Å²) < 4.78 is 0. The summed E-state index contributed by atoms with van der Waals surface area (Å²) in [6.07, 6.45) is 8.23. The summed E-state index contributed by atoms with van der Waals surface area (Å²) in [7, 11) is 0. The van der Waals surface area contributed by atoms with E-state index in [0.717, 1.165) is 37.8 Å². The minimum Gasteiger partial charge on any atom is -0.367 e. The Hall–Kier alpha value is -1.35. The van der Waals surface area contributed by atoms with Crippen LogP contribution < -0.4 is 10.2 Å². The van der Waals surface area contributed by atoms with Crippen molar-refractivity contribution >= 4 is 5.69 Å². The molecule has 2 aliphatic rings. The van der Waals surface area contributed by atoms with Crippen molar-refractivity contribution < 1.29 is 0 Å². The SMILES string of the molecule is CC1=CCCN(c2cc(C)ncc2CNC2CC2)C1. The number of pyridine rings is 1. The molecular formula is C16H23N3. The van der Waals surface area contributed by atoms with Crippen molar-refractivity contribution in [3.63, 3.8) is 0 Å². The van der Waals surface area contributed by atoms with Crippen LogP contribution in [0.3, 0.4) is 0 Å². The second kappa shape index (κ2) is 5.33. The Morgan fingerprint density at radius 3 is 2.95 bits per heavy atom. The number of nitrogens with zero attached hydrogens (tertiary/aromatic N) is 2. The minimum atomic E-state index is 0.747. The van der Waals surface area contributed by atoms with Gasteiger partial charge in [-0.15, -0.1) is 0 Å². The van der Waals surface area contributed by atoms with Crippen molar-refractivity contribution in [1.29, 1.82) is 0 Å². The lowest BCUT2D eigenvalue weighted by Gasteiger charge is -2.30. The maximum atomic E-state index is 4.47. The predicted molar refractivity (Wildman–Crippen MR) is 79.4 cm³/mol. The largest absolute Gasteiger partial charge is 0.367 e. The van der Waals surface area contributed by atoms with Crippen LogP contribution in [0.1, 0.15) is 37.4 Å². The molecule has 102 valence electrons. The van der Waals surface area contributed by atoms with E-state index in [1.165, 1.54) is 29.7 Å². The first-order chi connectivity index (χ1) is 9.22. The first-order valence-electron chi connectivity index (χ1n) is 7.32. The minimum absolute atomic E-state index is 0.747. The van der Waals surface area contributed by atoms with Crippen LogP contribution in [0, 0.1) is 6.92 Å². The lowest BCUT2D eigenvalue weighted by molar-refractivity contribution is 0.679. The van der Waals surface area contributed by atoms with Crippen LogP contribution in [0.25, 0.3) is 0 Å². The van der Waals surface area contributed by atoms with Gasteiger partial charge < -0.3 is 10.2 Å². The summed E-state index contributed by atoms with van der Waals surface area (Å²) in [5.74, 6) is 0. The third-order valence-corrected chi connectivity index (χ3v) is 3.93. The number of nitrogens with one attached hydrogen (secondary N) is 1. The van der Waals surface area contributed by atoms with Crippen molar-refractivity contribution in [2.45, 2.75) is 45.7 Å². The molecule has 0 radical (unpaired) electrons. The van der Waals surface area contributed by atoms with E-state index in [4.69, 9.17) is 0 Å². The van der Waals surface area contributed by atoms with E-state index in [2.05, 4.69) is 41.2 Å². The van der Waals surface area contributed by atoms with Crippen molar-refractivity contribution in [1.82, 2.24) is 10.3 Å². The highest BCUT2D eigenvalue weighted by Gasteiger charge is 2.21. The molecule has 3 heteroatoms. The molecule has 1 saturated carbocycles. The Morgan fingerprint density at radius 2 is 2.21 bits per heavy atom. The van der Waals surface area contributed by atoms with Crippen LogP contribution in [-0.4, -0.2) is 24.1 Å². The first-order valence-corrected chi connectivity index (χ1v) is 7.32. The molecule has 2 heterocycles. The van der Waals surface area contributed by atoms with E-state index in [1.54, 1.807) is 0 Å². The smallest absolute Gasteiger partial charge is 0.0448 e. The van der Waals surface area contributed by atoms with E-state index in [9.17, 15) is 0 Å². The summed E-state index contributed by atoms with van der Waals surface area (Å²) in [5.41, 5.74) is 5.29. The van der Waals surface area contributed by atoms with E-state index >= 15 is 0 Å². The number of aromatic nitrogens is 1. The molecule has 1 fully saturated rings. The van der Waals surface area contributed by atoms with Gasteiger partial charge in [0.05, 0.1) is 0 Å². The Morgan fingerprint density at radius 1 is 1.37 bits per heavy atom. The normalized spacial score (nSPS) is 19.5. The Bertz CT molecular complexity index is 489. The number of hydrogen-bond donors (Lipinski definition) is 1. The predicted octanol–water partition coefficient (Wildman–Crippen LogP) is 2.80. The highest BCUT2D eigenvalue weighted by atomic mass is 15.1. The van der Waals surface area contributed by atoms with Crippen molar-refractivity contribution in [2.24, 2.45) is 0 Å². The van der Waals surface area contributed by atoms with E-state index < -0.39 is 0 Å². The van der Waals surface area contributed by atoms with Crippen LogP contribution in [0.5, 0.6) is 0 Å². The fourth-order valence-corrected chi connectivity index (χ4v) is 2.66. The summed E-state index contributed by atoms with van der Waals surface area (Å²) in [6, 6.07) is 2.99. The third-order valence-electron chi connectivity index (χ3n) is 3.93. The molecular weight excluding hydrogens is 234 g/mol. The molecule has 1 aromatic rings. The molecule has 0 atom stereocenters. The van der Waals surface area contributed by atoms with Gasteiger partial charge >= 0.3 is 0 Å². The monoisotopic (exact) mass is 257 g/mol. The summed E-state index contributed by atoms with van der Waals surface area (Å²) in [5, 5.41) is 3.60. The van der Waals surface area contributed by atoms with E-state index in [-0.39, 0.29) is 0 Å². The lowest BCUT2D eigenvalue weighted by atomic mass is 10.1. The van der Waals surface area contributed by atoms with Crippen LogP contribution in [0.2, 0.25) is 0 Å². The zero-order valence-electron chi connectivity index (χ0n) is 11.9. The van der Waals surface area contributed by atoms with E-state index in [1.807, 2.05) is 6.20 Å². The van der Waals surface area contributed by atoms with Crippen LogP contribution in [-0.2, 0) is 6.54 Å². The van der Waals surface area contributed by atoms with Gasteiger partial charge in [0.15, 0.2) is 0 Å². The van der Waals surface area contributed by atoms with Gasteiger partial charge in [-0.2, -0.15) is 0 Å². The van der Waals surface area contributed by atoms with Crippen molar-refractivity contribution in [3.8, 4) is 0 Å². The highest BCUT2D eigenvalue weighted by molar-refractivity contribution is 5.55. The van der Waals surface area contributed by atoms with Gasteiger partial charge in [-0.1, -0.05) is 11.6 Å². The average molecular weight is 257 g/mol. The maximum Gasteiger partial charge on any atom is 0.0448 e. The molecule has 0 spiro atoms. The average Bonchev–Trinajstić information content (AvgIpc) is 3.21. The van der Waals surface area contributed by atoms with Gasteiger partial charge in [-0.05, 0) is 39.2 Å². The fraction of sp³-hybridized carbons (Fsp3) is 0.562. The van der Waals surface area contributed by atoms with Crippen LogP contribution >= 0.6 is 0 Å². The van der Waals surface area contributed by atoms with Gasteiger partial charge in [-0.3, -0.25) is 4.98 Å². The van der Waals surface area contributed by atoms with Gasteiger partial charge in [0.1, 0.15) is 0 Å². The maximum absolute atomic E-state index is 4.47. The van der Waals surface area contributed by atoms with Crippen LogP contribution in [0.15, 0.2) is 23.9 Å². The molecule has 0 aromatic carbocycles. The van der Waals surface area contributed by atoms with Gasteiger partial charge in [0, 0.05) is 48.8 Å². The second-order valence-electron chi connectivity index (χ2n) is 5.87. The summed E-state index contributed by atoms with van der Waals surface area (Å²) >= 11 is 0. The fourth-order valence-electron chi connectivity index (χ4n) is 2.66. The summed E-state index contributed by atoms with van der Waals surface area (Å²) in [6.45, 7) is 7.43. The molecule has 0 bridgehead atoms. The molecule has 19 heavy (non-hydrogen) atoms. The zero-order chi connectivity index (χ0) is 13.2. The van der Waals surface area contributed by atoms with E-state index in [0.29, 0.717) is 0 Å². The van der Waals surface area contributed by atoms with Crippen molar-refractivity contribution in [3.05, 3.63) is 35.2 Å². The number of aryl methyl sites for hydroxylation is 1. The molecule has 1 aliphatic heterocycles. The number of hydrogen-bond acceptors (Lipinski definition) is 3. The number of rotatable bonds is 4. The van der Waals surface area contributed by atoms with Gasteiger partial charge in [0.2, 0.25) is 0 Å². The third kappa shape index (κ3) is 3.16. The topological polar surface area (TPSA) is 28.2 Å². The molecule has 3 rings (SSSR count).